The smallest absolute Gasteiger partial charge is 0.0992 e. The van der Waals surface area contributed by atoms with Crippen LogP contribution in [-0.4, -0.2) is 15.0 Å². The third-order valence-electron chi connectivity index (χ3n) is 3.48. The molecule has 0 amide bonds. The van der Waals surface area contributed by atoms with E-state index in [1.54, 1.807) is 11.3 Å². The zero-order chi connectivity index (χ0) is 14.1. The van der Waals surface area contributed by atoms with Crippen LogP contribution in [0.4, 0.5) is 0 Å². The van der Waals surface area contributed by atoms with Gasteiger partial charge >= 0.3 is 0 Å². The lowest BCUT2D eigenvalue weighted by Gasteiger charge is -1.96. The van der Waals surface area contributed by atoms with E-state index in [2.05, 4.69) is 33.5 Å². The van der Waals surface area contributed by atoms with E-state index >= 15 is 0 Å². The van der Waals surface area contributed by atoms with E-state index in [0.717, 1.165) is 33.9 Å². The molecule has 4 rings (SSSR count). The molecule has 0 unspecified atom stereocenters. The molecule has 0 bridgehead atoms. The Morgan fingerprint density at radius 3 is 2.86 bits per heavy atom. The summed E-state index contributed by atoms with van der Waals surface area (Å²) in [5.74, 6) is 0. The fourth-order valence-corrected chi connectivity index (χ4v) is 3.27. The number of fused-ring (bicyclic) bond motifs is 1. The van der Waals surface area contributed by atoms with Crippen molar-refractivity contribution < 1.29 is 0 Å². The second-order valence-electron chi connectivity index (χ2n) is 4.87. The van der Waals surface area contributed by atoms with Gasteiger partial charge in [0.1, 0.15) is 0 Å². The van der Waals surface area contributed by atoms with Gasteiger partial charge in [0.2, 0.25) is 0 Å². The number of para-hydroxylation sites is 1. The Kier molecular flexibility index (Phi) is 3.01. The maximum atomic E-state index is 4.76. The minimum Gasteiger partial charge on any atom is -0.360 e. The fraction of sp³-hybridized carbons (Fsp3) is 0.0588. The number of rotatable bonds is 3. The molecular weight excluding hydrogens is 278 g/mol. The van der Waals surface area contributed by atoms with Crippen molar-refractivity contribution in [3.63, 3.8) is 0 Å². The molecule has 21 heavy (non-hydrogen) atoms. The first-order valence-corrected chi connectivity index (χ1v) is 7.69. The summed E-state index contributed by atoms with van der Waals surface area (Å²) in [6.07, 6.45) is 4.64. The summed E-state index contributed by atoms with van der Waals surface area (Å²) in [6, 6.07) is 14.3. The molecule has 3 aromatic heterocycles. The normalized spacial score (nSPS) is 11.0. The van der Waals surface area contributed by atoms with E-state index in [-0.39, 0.29) is 0 Å². The van der Waals surface area contributed by atoms with E-state index in [9.17, 15) is 0 Å². The first kappa shape index (κ1) is 12.3. The largest absolute Gasteiger partial charge is 0.360 e. The molecule has 0 fully saturated rings. The molecule has 0 saturated carbocycles. The van der Waals surface area contributed by atoms with Crippen LogP contribution in [0.15, 0.2) is 60.2 Å². The molecule has 1 aromatic carbocycles. The van der Waals surface area contributed by atoms with Gasteiger partial charge in [-0.2, -0.15) is 0 Å². The van der Waals surface area contributed by atoms with E-state index in [4.69, 9.17) is 4.98 Å². The number of hydrogen-bond acceptors (Lipinski definition) is 3. The lowest BCUT2D eigenvalue weighted by molar-refractivity contribution is 1.05. The van der Waals surface area contributed by atoms with Crippen LogP contribution in [0, 0.1) is 0 Å². The van der Waals surface area contributed by atoms with Gasteiger partial charge in [-0.05, 0) is 18.2 Å². The first-order valence-electron chi connectivity index (χ1n) is 6.81. The molecule has 0 aliphatic heterocycles. The number of aromatic nitrogens is 3. The number of nitrogens with one attached hydrogen (secondary N) is 1. The van der Waals surface area contributed by atoms with Crippen LogP contribution < -0.4 is 0 Å². The van der Waals surface area contributed by atoms with Gasteiger partial charge in [0.25, 0.3) is 0 Å². The summed E-state index contributed by atoms with van der Waals surface area (Å²) in [5, 5.41) is 4.43. The van der Waals surface area contributed by atoms with Crippen LogP contribution in [0.1, 0.15) is 10.7 Å². The summed E-state index contributed by atoms with van der Waals surface area (Å²) in [4.78, 5) is 12.4. The second kappa shape index (κ2) is 5.14. The first-order chi connectivity index (χ1) is 10.4. The summed E-state index contributed by atoms with van der Waals surface area (Å²) >= 11 is 1.69. The summed E-state index contributed by atoms with van der Waals surface area (Å²) in [5.41, 5.74) is 4.39. The molecule has 1 N–H and O–H groups in total. The van der Waals surface area contributed by atoms with Crippen LogP contribution in [0.5, 0.6) is 0 Å². The molecule has 0 radical (unpaired) electrons. The molecule has 0 saturated heterocycles. The van der Waals surface area contributed by atoms with Gasteiger partial charge < -0.3 is 4.98 Å². The quantitative estimate of drug-likeness (QED) is 0.612. The highest BCUT2D eigenvalue weighted by Gasteiger charge is 2.10. The average molecular weight is 291 g/mol. The highest BCUT2D eigenvalue weighted by atomic mass is 32.1. The number of benzene rings is 1. The fourth-order valence-electron chi connectivity index (χ4n) is 2.46. The number of nitrogens with zero attached hydrogens (tertiary/aromatic N) is 2. The molecule has 0 spiro atoms. The molecule has 3 nitrogen and oxygen atoms in total. The monoisotopic (exact) mass is 291 g/mol. The SMILES string of the molecule is c1ccc(Cc2nc(-c3c[nH]c4ccccc34)cs2)nc1. The number of aromatic amines is 1. The minimum atomic E-state index is 0.786. The molecule has 4 aromatic rings. The number of hydrogen-bond donors (Lipinski definition) is 1. The van der Waals surface area contributed by atoms with E-state index in [0.29, 0.717) is 0 Å². The van der Waals surface area contributed by atoms with E-state index in [1.165, 1.54) is 5.39 Å². The molecule has 4 heteroatoms. The number of H-pyrrole nitrogens is 1. The predicted octanol–water partition coefficient (Wildman–Crippen LogP) is 4.28. The summed E-state index contributed by atoms with van der Waals surface area (Å²) in [6.45, 7) is 0. The Labute approximate surface area is 126 Å². The molecule has 102 valence electrons. The van der Waals surface area contributed by atoms with Crippen molar-refractivity contribution in [2.24, 2.45) is 0 Å². The standard InChI is InChI=1S/C17H13N3S/c1-2-7-15-13(6-1)14(10-19-15)16-11-21-17(20-16)9-12-5-3-4-8-18-12/h1-8,10-11,19H,9H2. The van der Waals surface area contributed by atoms with E-state index in [1.807, 2.05) is 36.7 Å². The number of pyridine rings is 1. The van der Waals surface area contributed by atoms with Crippen LogP contribution in [0.2, 0.25) is 0 Å². The van der Waals surface area contributed by atoms with Gasteiger partial charge in [0, 0.05) is 46.4 Å². The number of thiazole rings is 1. The van der Waals surface area contributed by atoms with Crippen molar-refractivity contribution in [2.75, 3.05) is 0 Å². The molecule has 3 heterocycles. The molecular formula is C17H13N3S. The highest BCUT2D eigenvalue weighted by Crippen LogP contribution is 2.29. The van der Waals surface area contributed by atoms with E-state index < -0.39 is 0 Å². The maximum absolute atomic E-state index is 4.76. The van der Waals surface area contributed by atoms with Crippen molar-refractivity contribution >= 4 is 22.2 Å². The summed E-state index contributed by atoms with van der Waals surface area (Å²) in [7, 11) is 0. The van der Waals surface area contributed by atoms with Gasteiger partial charge in [-0.15, -0.1) is 11.3 Å². The zero-order valence-electron chi connectivity index (χ0n) is 11.3. The van der Waals surface area contributed by atoms with Crippen LogP contribution >= 0.6 is 11.3 Å². The third kappa shape index (κ3) is 2.34. The lowest BCUT2D eigenvalue weighted by atomic mass is 10.1. The Morgan fingerprint density at radius 1 is 1.05 bits per heavy atom. The highest BCUT2D eigenvalue weighted by molar-refractivity contribution is 7.10. The lowest BCUT2D eigenvalue weighted by Crippen LogP contribution is -1.90. The second-order valence-corrected chi connectivity index (χ2v) is 5.81. The van der Waals surface area contributed by atoms with Crippen molar-refractivity contribution in [2.45, 2.75) is 6.42 Å². The van der Waals surface area contributed by atoms with Crippen LogP contribution in [-0.2, 0) is 6.42 Å². The average Bonchev–Trinajstić information content (AvgIpc) is 3.14. The predicted molar refractivity (Wildman–Crippen MR) is 86.4 cm³/mol. The van der Waals surface area contributed by atoms with Gasteiger partial charge in [-0.3, -0.25) is 4.98 Å². The Morgan fingerprint density at radius 2 is 1.95 bits per heavy atom. The van der Waals surface area contributed by atoms with Crippen molar-refractivity contribution in [3.8, 4) is 11.3 Å². The summed E-state index contributed by atoms with van der Waals surface area (Å²) < 4.78 is 0. The van der Waals surface area contributed by atoms with Crippen LogP contribution in [0.3, 0.4) is 0 Å². The van der Waals surface area contributed by atoms with Crippen molar-refractivity contribution in [1.82, 2.24) is 15.0 Å². The van der Waals surface area contributed by atoms with Crippen molar-refractivity contribution in [3.05, 3.63) is 70.9 Å². The zero-order valence-corrected chi connectivity index (χ0v) is 12.1. The molecule has 0 aliphatic carbocycles. The molecule has 0 aliphatic rings. The Hall–Kier alpha value is -2.46. The van der Waals surface area contributed by atoms with Gasteiger partial charge in [-0.25, -0.2) is 4.98 Å². The third-order valence-corrected chi connectivity index (χ3v) is 4.32. The Bertz CT molecular complexity index is 877. The van der Waals surface area contributed by atoms with Gasteiger partial charge in [0.15, 0.2) is 0 Å². The molecule has 0 atom stereocenters. The van der Waals surface area contributed by atoms with Crippen LogP contribution in [0.25, 0.3) is 22.2 Å². The topological polar surface area (TPSA) is 41.6 Å². The van der Waals surface area contributed by atoms with Gasteiger partial charge in [-0.1, -0.05) is 24.3 Å². The maximum Gasteiger partial charge on any atom is 0.0992 e. The van der Waals surface area contributed by atoms with Crippen molar-refractivity contribution in [1.29, 1.82) is 0 Å². The Balaban J connectivity index is 1.68. The minimum absolute atomic E-state index is 0.786. The van der Waals surface area contributed by atoms with Gasteiger partial charge in [0.05, 0.1) is 10.7 Å².